The molecule has 94 valence electrons. The van der Waals surface area contributed by atoms with E-state index in [0.29, 0.717) is 23.9 Å². The third kappa shape index (κ3) is 3.21. The fourth-order valence-corrected chi connectivity index (χ4v) is 1.58. The normalized spacial score (nSPS) is 9.22. The zero-order valence-corrected chi connectivity index (χ0v) is 10.7. The Balaban J connectivity index is 0.000000771. The Kier molecular flexibility index (Phi) is 5.66. The molecule has 0 saturated carbocycles. The highest BCUT2D eigenvalue weighted by Gasteiger charge is 2.05. The van der Waals surface area contributed by atoms with Gasteiger partial charge < -0.3 is 5.32 Å². The summed E-state index contributed by atoms with van der Waals surface area (Å²) < 4.78 is 13.6. The summed E-state index contributed by atoms with van der Waals surface area (Å²) in [5, 5.41) is 3.62. The molecule has 0 radical (unpaired) electrons. The van der Waals surface area contributed by atoms with E-state index in [2.05, 4.69) is 16.2 Å². The summed E-state index contributed by atoms with van der Waals surface area (Å²) in [4.78, 5) is 4.11. The lowest BCUT2D eigenvalue weighted by molar-refractivity contribution is 0.640. The lowest BCUT2D eigenvalue weighted by Crippen LogP contribution is -2.02. The molecule has 2 aromatic rings. The largest absolute Gasteiger partial charge is 0.383 e. The predicted octanol–water partition coefficient (Wildman–Crippen LogP) is 3.84. The molecule has 0 amide bonds. The molecule has 0 aliphatic carbocycles. The fraction of sp³-hybridized carbons (Fsp3) is 0.267. The lowest BCUT2D eigenvalue weighted by Gasteiger charge is -2.08. The van der Waals surface area contributed by atoms with E-state index in [1.807, 2.05) is 13.8 Å². The molecule has 2 nitrogen and oxygen atoms in total. The standard InChI is InChI=1S/C13H11FN2.C2H6/c1-2-3-8-15-12-7-9-16-11-6-4-5-10(14)13(11)12;1-2/h1,4-7,9H,3,8H2,(H,15,16);1-2H3. The van der Waals surface area contributed by atoms with Crippen LogP contribution in [0.3, 0.4) is 0 Å². The molecule has 0 saturated heterocycles. The van der Waals surface area contributed by atoms with Crippen LogP contribution in [0.2, 0.25) is 0 Å². The van der Waals surface area contributed by atoms with Gasteiger partial charge in [-0.25, -0.2) is 4.39 Å². The van der Waals surface area contributed by atoms with Crippen LogP contribution in [0, 0.1) is 18.2 Å². The summed E-state index contributed by atoms with van der Waals surface area (Å²) >= 11 is 0. The summed E-state index contributed by atoms with van der Waals surface area (Å²) in [6.45, 7) is 4.63. The van der Waals surface area contributed by atoms with Crippen molar-refractivity contribution in [3.8, 4) is 12.3 Å². The molecular formula is C15H17FN2. The first-order valence-electron chi connectivity index (χ1n) is 6.03. The van der Waals surface area contributed by atoms with E-state index in [9.17, 15) is 4.39 Å². The number of nitrogens with one attached hydrogen (secondary N) is 1. The Morgan fingerprint density at radius 3 is 2.83 bits per heavy atom. The van der Waals surface area contributed by atoms with Crippen molar-refractivity contribution in [2.45, 2.75) is 20.3 Å². The smallest absolute Gasteiger partial charge is 0.134 e. The molecule has 2 rings (SSSR count). The van der Waals surface area contributed by atoms with Crippen LogP contribution in [0.4, 0.5) is 10.1 Å². The van der Waals surface area contributed by atoms with Gasteiger partial charge in [0, 0.05) is 24.8 Å². The first kappa shape index (κ1) is 14.0. The first-order valence-corrected chi connectivity index (χ1v) is 6.03. The lowest BCUT2D eigenvalue weighted by atomic mass is 10.1. The van der Waals surface area contributed by atoms with Crippen LogP contribution in [0.1, 0.15) is 20.3 Å². The summed E-state index contributed by atoms with van der Waals surface area (Å²) in [6.07, 6.45) is 7.42. The zero-order valence-electron chi connectivity index (χ0n) is 10.7. The topological polar surface area (TPSA) is 24.9 Å². The maximum Gasteiger partial charge on any atom is 0.134 e. The number of nitrogens with zero attached hydrogens (tertiary/aromatic N) is 1. The Bertz CT molecular complexity index is 538. The monoisotopic (exact) mass is 244 g/mol. The number of halogens is 1. The Hall–Kier alpha value is -2.08. The Morgan fingerprint density at radius 2 is 2.11 bits per heavy atom. The van der Waals surface area contributed by atoms with Gasteiger partial charge in [0.2, 0.25) is 0 Å². The Labute approximate surface area is 107 Å². The van der Waals surface area contributed by atoms with E-state index < -0.39 is 0 Å². The SMILES string of the molecule is C#CCCNc1ccnc2cccc(F)c12.CC. The van der Waals surface area contributed by atoms with Crippen molar-refractivity contribution >= 4 is 16.6 Å². The molecule has 0 spiro atoms. The van der Waals surface area contributed by atoms with Crippen molar-refractivity contribution in [1.82, 2.24) is 4.98 Å². The molecule has 0 aliphatic rings. The molecule has 18 heavy (non-hydrogen) atoms. The van der Waals surface area contributed by atoms with Crippen LogP contribution >= 0.6 is 0 Å². The first-order chi connectivity index (χ1) is 8.83. The van der Waals surface area contributed by atoms with Gasteiger partial charge in [-0.05, 0) is 18.2 Å². The van der Waals surface area contributed by atoms with Crippen molar-refractivity contribution in [3.05, 3.63) is 36.3 Å². The van der Waals surface area contributed by atoms with E-state index in [0.717, 1.165) is 5.69 Å². The Morgan fingerprint density at radius 1 is 1.33 bits per heavy atom. The zero-order chi connectivity index (χ0) is 13.4. The summed E-state index contributed by atoms with van der Waals surface area (Å²) in [7, 11) is 0. The van der Waals surface area contributed by atoms with Gasteiger partial charge in [-0.3, -0.25) is 4.98 Å². The minimum absolute atomic E-state index is 0.270. The number of rotatable bonds is 3. The number of benzene rings is 1. The van der Waals surface area contributed by atoms with E-state index in [-0.39, 0.29) is 5.82 Å². The molecule has 0 fully saturated rings. The van der Waals surface area contributed by atoms with Crippen LogP contribution in [0.5, 0.6) is 0 Å². The second-order valence-corrected chi connectivity index (χ2v) is 3.37. The number of pyridine rings is 1. The van der Waals surface area contributed by atoms with Gasteiger partial charge in [0.05, 0.1) is 10.9 Å². The molecular weight excluding hydrogens is 227 g/mol. The molecule has 0 bridgehead atoms. The quantitative estimate of drug-likeness (QED) is 0.655. The van der Waals surface area contributed by atoms with E-state index in [1.165, 1.54) is 6.07 Å². The van der Waals surface area contributed by atoms with Crippen molar-refractivity contribution in [3.63, 3.8) is 0 Å². The third-order valence-corrected chi connectivity index (χ3v) is 2.30. The summed E-state index contributed by atoms with van der Waals surface area (Å²) in [5.74, 6) is 2.26. The van der Waals surface area contributed by atoms with E-state index >= 15 is 0 Å². The van der Waals surface area contributed by atoms with E-state index in [4.69, 9.17) is 6.42 Å². The van der Waals surface area contributed by atoms with Gasteiger partial charge in [0.1, 0.15) is 5.82 Å². The van der Waals surface area contributed by atoms with Gasteiger partial charge >= 0.3 is 0 Å². The molecule has 0 atom stereocenters. The highest BCUT2D eigenvalue weighted by atomic mass is 19.1. The minimum atomic E-state index is -0.270. The highest BCUT2D eigenvalue weighted by Crippen LogP contribution is 2.24. The maximum absolute atomic E-state index is 13.6. The fourth-order valence-electron chi connectivity index (χ4n) is 1.58. The van der Waals surface area contributed by atoms with Crippen molar-refractivity contribution in [2.24, 2.45) is 0 Å². The molecule has 0 aliphatic heterocycles. The van der Waals surface area contributed by atoms with E-state index in [1.54, 1.807) is 24.4 Å². The molecule has 1 N–H and O–H groups in total. The third-order valence-electron chi connectivity index (χ3n) is 2.30. The number of hydrogen-bond acceptors (Lipinski definition) is 2. The second-order valence-electron chi connectivity index (χ2n) is 3.37. The van der Waals surface area contributed by atoms with Crippen LogP contribution in [0.15, 0.2) is 30.5 Å². The second kappa shape index (κ2) is 7.29. The number of hydrogen-bond donors (Lipinski definition) is 1. The number of terminal acetylenes is 1. The van der Waals surface area contributed by atoms with Crippen molar-refractivity contribution in [1.29, 1.82) is 0 Å². The van der Waals surface area contributed by atoms with Gasteiger partial charge in [-0.1, -0.05) is 19.9 Å². The molecule has 1 aromatic carbocycles. The van der Waals surface area contributed by atoms with Gasteiger partial charge in [-0.2, -0.15) is 0 Å². The van der Waals surface area contributed by atoms with Gasteiger partial charge in [0.25, 0.3) is 0 Å². The number of fused-ring (bicyclic) bond motifs is 1. The highest BCUT2D eigenvalue weighted by molar-refractivity contribution is 5.91. The van der Waals surface area contributed by atoms with Crippen LogP contribution in [-0.2, 0) is 0 Å². The maximum atomic E-state index is 13.6. The van der Waals surface area contributed by atoms with Crippen molar-refractivity contribution in [2.75, 3.05) is 11.9 Å². The van der Waals surface area contributed by atoms with Crippen LogP contribution in [0.25, 0.3) is 10.9 Å². The average Bonchev–Trinajstić information content (AvgIpc) is 2.42. The number of aromatic nitrogens is 1. The summed E-state index contributed by atoms with van der Waals surface area (Å²) in [5.41, 5.74) is 1.38. The molecule has 1 heterocycles. The molecule has 0 unspecified atom stereocenters. The minimum Gasteiger partial charge on any atom is -0.383 e. The average molecular weight is 244 g/mol. The van der Waals surface area contributed by atoms with Crippen LogP contribution in [-0.4, -0.2) is 11.5 Å². The van der Waals surface area contributed by atoms with Gasteiger partial charge in [-0.15, -0.1) is 12.3 Å². The van der Waals surface area contributed by atoms with Crippen LogP contribution < -0.4 is 5.32 Å². The van der Waals surface area contributed by atoms with Gasteiger partial charge in [0.15, 0.2) is 0 Å². The number of anilines is 1. The predicted molar refractivity (Wildman–Crippen MR) is 75.0 cm³/mol. The molecule has 1 aromatic heterocycles. The molecule has 3 heteroatoms. The summed E-state index contributed by atoms with van der Waals surface area (Å²) in [6, 6.07) is 6.61. The van der Waals surface area contributed by atoms with Crippen molar-refractivity contribution < 1.29 is 4.39 Å².